The summed E-state index contributed by atoms with van der Waals surface area (Å²) in [5, 5.41) is 0. The number of Topliss-reactive ketones (excluding diaryl/α,β-unsaturated/α-hetero) is 1. The van der Waals surface area contributed by atoms with Crippen molar-refractivity contribution in [2.75, 3.05) is 19.8 Å². The largest absolute Gasteiger partial charge is 0.376 e. The van der Waals surface area contributed by atoms with Crippen LogP contribution in [0.2, 0.25) is 0 Å². The van der Waals surface area contributed by atoms with E-state index in [0.29, 0.717) is 6.61 Å². The molecule has 0 spiro atoms. The van der Waals surface area contributed by atoms with Crippen molar-refractivity contribution in [1.29, 1.82) is 0 Å². The van der Waals surface area contributed by atoms with Gasteiger partial charge in [-0.1, -0.05) is 12.1 Å². The molecule has 0 bridgehead atoms. The number of halogens is 1. The van der Waals surface area contributed by atoms with Crippen LogP contribution in [0.15, 0.2) is 24.3 Å². The van der Waals surface area contributed by atoms with Crippen molar-refractivity contribution in [2.24, 2.45) is 0 Å². The lowest BCUT2D eigenvalue weighted by atomic mass is 10.1. The van der Waals surface area contributed by atoms with Gasteiger partial charge in [-0.25, -0.2) is 4.39 Å². The van der Waals surface area contributed by atoms with Gasteiger partial charge in [-0.15, -0.1) is 0 Å². The molecule has 0 amide bonds. The average Bonchev–Trinajstić information content (AvgIpc) is 2.85. The highest BCUT2D eigenvalue weighted by atomic mass is 19.1. The van der Waals surface area contributed by atoms with Crippen molar-refractivity contribution < 1.29 is 18.7 Å². The zero-order valence-corrected chi connectivity index (χ0v) is 10.2. The minimum atomic E-state index is -0.291. The summed E-state index contributed by atoms with van der Waals surface area (Å²) in [6.45, 7) is 1.37. The molecule has 18 heavy (non-hydrogen) atoms. The van der Waals surface area contributed by atoms with Crippen LogP contribution in [-0.4, -0.2) is 31.7 Å². The van der Waals surface area contributed by atoms with Gasteiger partial charge >= 0.3 is 0 Å². The second-order valence-corrected chi connectivity index (χ2v) is 4.49. The van der Waals surface area contributed by atoms with Gasteiger partial charge in [0.05, 0.1) is 12.7 Å². The van der Waals surface area contributed by atoms with Crippen LogP contribution in [0.25, 0.3) is 0 Å². The molecule has 4 heteroatoms. The maximum Gasteiger partial charge on any atom is 0.162 e. The first-order chi connectivity index (χ1) is 8.74. The predicted octanol–water partition coefficient (Wildman–Crippen LogP) is 2.13. The Balaban J connectivity index is 1.66. The van der Waals surface area contributed by atoms with Crippen molar-refractivity contribution in [2.45, 2.75) is 25.4 Å². The SMILES string of the molecule is O=C(COCC1CCCO1)Cc1ccc(F)cc1. The summed E-state index contributed by atoms with van der Waals surface area (Å²) in [6, 6.07) is 5.95. The van der Waals surface area contributed by atoms with E-state index in [2.05, 4.69) is 0 Å². The zero-order valence-electron chi connectivity index (χ0n) is 10.2. The standard InChI is InChI=1S/C14H17FO3/c15-12-5-3-11(4-6-12)8-13(16)9-17-10-14-2-1-7-18-14/h3-6,14H,1-2,7-10H2. The molecule has 1 aromatic rings. The van der Waals surface area contributed by atoms with Crippen LogP contribution in [0.5, 0.6) is 0 Å². The highest BCUT2D eigenvalue weighted by molar-refractivity contribution is 5.82. The lowest BCUT2D eigenvalue weighted by molar-refractivity contribution is -0.124. The molecule has 1 unspecified atom stereocenters. The number of hydrogen-bond donors (Lipinski definition) is 0. The number of rotatable bonds is 6. The molecule has 1 saturated heterocycles. The molecule has 1 aliphatic rings. The molecule has 0 saturated carbocycles. The number of carbonyl (C=O) groups is 1. The molecule has 1 fully saturated rings. The number of benzene rings is 1. The number of ketones is 1. The van der Waals surface area contributed by atoms with Gasteiger partial charge < -0.3 is 9.47 Å². The molecule has 0 radical (unpaired) electrons. The number of carbonyl (C=O) groups excluding carboxylic acids is 1. The maximum absolute atomic E-state index is 12.7. The first-order valence-corrected chi connectivity index (χ1v) is 6.19. The Hall–Kier alpha value is -1.26. The molecule has 1 atom stereocenters. The number of ether oxygens (including phenoxy) is 2. The first kappa shape index (κ1) is 13.2. The van der Waals surface area contributed by atoms with Crippen molar-refractivity contribution >= 4 is 5.78 Å². The summed E-state index contributed by atoms with van der Waals surface area (Å²) in [5.74, 6) is -0.291. The highest BCUT2D eigenvalue weighted by Crippen LogP contribution is 2.12. The van der Waals surface area contributed by atoms with Crippen LogP contribution in [0.4, 0.5) is 4.39 Å². The molecule has 0 N–H and O–H groups in total. The van der Waals surface area contributed by atoms with Crippen LogP contribution in [-0.2, 0) is 20.7 Å². The van der Waals surface area contributed by atoms with Gasteiger partial charge in [-0.2, -0.15) is 0 Å². The van der Waals surface area contributed by atoms with E-state index in [1.165, 1.54) is 12.1 Å². The van der Waals surface area contributed by atoms with Crippen LogP contribution < -0.4 is 0 Å². The van der Waals surface area contributed by atoms with E-state index in [-0.39, 0.29) is 30.7 Å². The third-order valence-corrected chi connectivity index (χ3v) is 2.91. The van der Waals surface area contributed by atoms with Crippen molar-refractivity contribution in [3.05, 3.63) is 35.6 Å². The molecule has 1 aromatic carbocycles. The molecule has 1 aliphatic heterocycles. The van der Waals surface area contributed by atoms with Gasteiger partial charge in [0.15, 0.2) is 5.78 Å². The van der Waals surface area contributed by atoms with Gasteiger partial charge in [0, 0.05) is 13.0 Å². The Morgan fingerprint density at radius 3 is 2.83 bits per heavy atom. The molecular weight excluding hydrogens is 235 g/mol. The van der Waals surface area contributed by atoms with Crippen LogP contribution in [0.1, 0.15) is 18.4 Å². The lowest BCUT2D eigenvalue weighted by Gasteiger charge is -2.09. The quantitative estimate of drug-likeness (QED) is 0.778. The second kappa shape index (κ2) is 6.61. The molecule has 98 valence electrons. The fraction of sp³-hybridized carbons (Fsp3) is 0.500. The van der Waals surface area contributed by atoms with E-state index in [1.54, 1.807) is 12.1 Å². The smallest absolute Gasteiger partial charge is 0.162 e. The second-order valence-electron chi connectivity index (χ2n) is 4.49. The van der Waals surface area contributed by atoms with Gasteiger partial charge in [-0.05, 0) is 30.5 Å². The fourth-order valence-corrected chi connectivity index (χ4v) is 1.96. The summed E-state index contributed by atoms with van der Waals surface area (Å²) < 4.78 is 23.4. The topological polar surface area (TPSA) is 35.5 Å². The minimum absolute atomic E-state index is 0.000366. The van der Waals surface area contributed by atoms with Crippen LogP contribution in [0, 0.1) is 5.82 Å². The maximum atomic E-state index is 12.7. The Bertz CT molecular complexity index is 383. The lowest BCUT2D eigenvalue weighted by Crippen LogP contribution is -2.19. The van der Waals surface area contributed by atoms with Crippen molar-refractivity contribution in [1.82, 2.24) is 0 Å². The Morgan fingerprint density at radius 2 is 2.17 bits per heavy atom. The van der Waals surface area contributed by atoms with E-state index in [4.69, 9.17) is 9.47 Å². The van der Waals surface area contributed by atoms with Gasteiger partial charge in [-0.3, -0.25) is 4.79 Å². The van der Waals surface area contributed by atoms with Crippen molar-refractivity contribution in [3.63, 3.8) is 0 Å². The molecular formula is C14H17FO3. The van der Waals surface area contributed by atoms with Crippen LogP contribution in [0.3, 0.4) is 0 Å². The fourth-order valence-electron chi connectivity index (χ4n) is 1.96. The van der Waals surface area contributed by atoms with Gasteiger partial charge in [0.2, 0.25) is 0 Å². The highest BCUT2D eigenvalue weighted by Gasteiger charge is 2.15. The average molecular weight is 252 g/mol. The van der Waals surface area contributed by atoms with E-state index >= 15 is 0 Å². The number of hydrogen-bond acceptors (Lipinski definition) is 3. The molecule has 3 nitrogen and oxygen atoms in total. The van der Waals surface area contributed by atoms with E-state index in [0.717, 1.165) is 25.0 Å². The summed E-state index contributed by atoms with van der Waals surface area (Å²) in [6.07, 6.45) is 2.50. The predicted molar refractivity (Wildman–Crippen MR) is 64.9 cm³/mol. The van der Waals surface area contributed by atoms with E-state index in [9.17, 15) is 9.18 Å². The summed E-state index contributed by atoms with van der Waals surface area (Å²) >= 11 is 0. The molecule has 0 aromatic heterocycles. The monoisotopic (exact) mass is 252 g/mol. The van der Waals surface area contributed by atoms with Gasteiger partial charge in [0.25, 0.3) is 0 Å². The Kier molecular flexibility index (Phi) is 4.84. The Morgan fingerprint density at radius 1 is 1.39 bits per heavy atom. The summed E-state index contributed by atoms with van der Waals surface area (Å²) in [7, 11) is 0. The summed E-state index contributed by atoms with van der Waals surface area (Å²) in [5.41, 5.74) is 0.808. The normalized spacial score (nSPS) is 19.1. The molecule has 1 heterocycles. The van der Waals surface area contributed by atoms with Crippen LogP contribution >= 0.6 is 0 Å². The van der Waals surface area contributed by atoms with Gasteiger partial charge in [0.1, 0.15) is 12.4 Å². The summed E-state index contributed by atoms with van der Waals surface area (Å²) in [4.78, 5) is 11.6. The minimum Gasteiger partial charge on any atom is -0.376 e. The third kappa shape index (κ3) is 4.20. The van der Waals surface area contributed by atoms with E-state index in [1.807, 2.05) is 0 Å². The molecule has 0 aliphatic carbocycles. The zero-order chi connectivity index (χ0) is 12.8. The van der Waals surface area contributed by atoms with Crippen molar-refractivity contribution in [3.8, 4) is 0 Å². The first-order valence-electron chi connectivity index (χ1n) is 6.19. The van der Waals surface area contributed by atoms with E-state index < -0.39 is 0 Å². The molecule has 2 rings (SSSR count). The Labute approximate surface area is 106 Å². The third-order valence-electron chi connectivity index (χ3n) is 2.91.